The van der Waals surface area contributed by atoms with Gasteiger partial charge in [-0.05, 0) is 12.3 Å². The van der Waals surface area contributed by atoms with Gasteiger partial charge in [0, 0.05) is 6.07 Å². The van der Waals surface area contributed by atoms with E-state index in [0.717, 1.165) is 0 Å². The van der Waals surface area contributed by atoms with Crippen LogP contribution >= 0.6 is 34.1 Å². The van der Waals surface area contributed by atoms with Gasteiger partial charge in [0.2, 0.25) is 0 Å². The van der Waals surface area contributed by atoms with Crippen molar-refractivity contribution in [1.82, 2.24) is 0 Å². The predicted molar refractivity (Wildman–Crippen MR) is 73.7 cm³/mol. The van der Waals surface area contributed by atoms with Gasteiger partial charge >= 0.3 is 0 Å². The van der Waals surface area contributed by atoms with Gasteiger partial charge in [-0.2, -0.15) is 11.8 Å². The second-order valence-corrected chi connectivity index (χ2v) is 6.35. The topological polar surface area (TPSA) is 85.1 Å². The van der Waals surface area contributed by atoms with Crippen LogP contribution in [0.4, 0.5) is 5.69 Å². The number of hydrogen-bond donors (Lipinski definition) is 4. The number of aromatic hydroxyl groups is 1. The second-order valence-electron chi connectivity index (χ2n) is 3.41. The quantitative estimate of drug-likeness (QED) is 0.629. The van der Waals surface area contributed by atoms with Crippen molar-refractivity contribution in [2.75, 3.05) is 17.3 Å². The Balaban J connectivity index is 2.49. The highest BCUT2D eigenvalue weighted by Gasteiger charge is 2.26. The maximum atomic E-state index is 9.89. The third-order valence-corrected chi connectivity index (χ3v) is 4.41. The standard InChI is InChI=1S/C9H11ClN2O3S2/c1-16-4-9-11-6-2-5(10)7(13)3-8(6)17(14,15)12-9/h2-3,13-15H,4H2,1H3,(H,11,12). The molecule has 0 saturated heterocycles. The zero-order valence-corrected chi connectivity index (χ0v) is 11.2. The van der Waals surface area contributed by atoms with E-state index in [4.69, 9.17) is 11.6 Å². The van der Waals surface area contributed by atoms with Gasteiger partial charge in [-0.15, -0.1) is 4.40 Å². The Morgan fingerprint density at radius 3 is 2.82 bits per heavy atom. The molecule has 1 aliphatic heterocycles. The monoisotopic (exact) mass is 294 g/mol. The second kappa shape index (κ2) is 4.58. The van der Waals surface area contributed by atoms with E-state index < -0.39 is 10.8 Å². The SMILES string of the molecule is CSCC1=NS(O)(O)c2cc(O)c(Cl)cc2N1. The summed E-state index contributed by atoms with van der Waals surface area (Å²) < 4.78 is 23.6. The fourth-order valence-corrected chi connectivity index (χ4v) is 3.29. The van der Waals surface area contributed by atoms with Crippen LogP contribution in [0, 0.1) is 0 Å². The summed E-state index contributed by atoms with van der Waals surface area (Å²) in [4.78, 5) is 0.157. The molecular formula is C9H11ClN2O3S2. The Bertz CT molecular complexity index is 493. The number of benzene rings is 1. The Morgan fingerprint density at radius 2 is 2.18 bits per heavy atom. The van der Waals surface area contributed by atoms with Gasteiger partial charge in [0.1, 0.15) is 16.5 Å². The predicted octanol–water partition coefficient (Wildman–Crippen LogP) is 3.26. The first-order valence-electron chi connectivity index (χ1n) is 4.59. The van der Waals surface area contributed by atoms with Gasteiger partial charge in [-0.1, -0.05) is 22.4 Å². The van der Waals surface area contributed by atoms with Crippen LogP contribution in [0.2, 0.25) is 5.02 Å². The van der Waals surface area contributed by atoms with Crippen molar-refractivity contribution in [3.05, 3.63) is 17.2 Å². The van der Waals surface area contributed by atoms with Gasteiger partial charge in [-0.25, -0.2) is 0 Å². The van der Waals surface area contributed by atoms with E-state index in [1.54, 1.807) is 0 Å². The zero-order valence-electron chi connectivity index (χ0n) is 8.85. The molecule has 0 aromatic heterocycles. The molecule has 94 valence electrons. The van der Waals surface area contributed by atoms with Gasteiger partial charge in [0.05, 0.1) is 16.5 Å². The summed E-state index contributed by atoms with van der Waals surface area (Å²) in [5.41, 5.74) is 0.465. The average Bonchev–Trinajstić information content (AvgIpc) is 2.21. The fourth-order valence-electron chi connectivity index (χ4n) is 1.45. The number of fused-ring (bicyclic) bond motifs is 1. The third-order valence-electron chi connectivity index (χ3n) is 2.14. The smallest absolute Gasteiger partial charge is 0.136 e. The van der Waals surface area contributed by atoms with Gasteiger partial charge < -0.3 is 10.4 Å². The minimum atomic E-state index is -3.26. The van der Waals surface area contributed by atoms with Crippen LogP contribution in [-0.2, 0) is 0 Å². The molecular weight excluding hydrogens is 284 g/mol. The zero-order chi connectivity index (χ0) is 12.6. The van der Waals surface area contributed by atoms with Crippen LogP contribution in [0.1, 0.15) is 0 Å². The summed E-state index contributed by atoms with van der Waals surface area (Å²) in [6.45, 7) is 0. The highest BCUT2D eigenvalue weighted by molar-refractivity contribution is 8.23. The van der Waals surface area contributed by atoms with E-state index in [-0.39, 0.29) is 15.7 Å². The molecule has 0 bridgehead atoms. The van der Waals surface area contributed by atoms with E-state index in [1.165, 1.54) is 23.9 Å². The molecule has 1 heterocycles. The van der Waals surface area contributed by atoms with E-state index >= 15 is 0 Å². The molecule has 0 atom stereocenters. The number of amidine groups is 1. The molecule has 0 fully saturated rings. The Hall–Kier alpha value is -0.600. The van der Waals surface area contributed by atoms with Crippen LogP contribution < -0.4 is 5.32 Å². The summed E-state index contributed by atoms with van der Waals surface area (Å²) in [5, 5.41) is 12.6. The minimum Gasteiger partial charge on any atom is -0.506 e. The first kappa shape index (κ1) is 12.8. The van der Waals surface area contributed by atoms with Crippen molar-refractivity contribution in [3.63, 3.8) is 0 Å². The molecule has 0 saturated carbocycles. The first-order chi connectivity index (χ1) is 7.94. The number of thioether (sulfide) groups is 1. The molecule has 8 heteroatoms. The maximum absolute atomic E-state index is 9.89. The third kappa shape index (κ3) is 2.48. The number of hydrogen-bond acceptors (Lipinski definition) is 6. The molecule has 0 unspecified atom stereocenters. The molecule has 17 heavy (non-hydrogen) atoms. The molecule has 1 aromatic carbocycles. The van der Waals surface area contributed by atoms with Crippen molar-refractivity contribution in [2.24, 2.45) is 4.40 Å². The molecule has 0 spiro atoms. The van der Waals surface area contributed by atoms with Gasteiger partial charge in [-0.3, -0.25) is 9.11 Å². The summed E-state index contributed by atoms with van der Waals surface area (Å²) in [7, 11) is -3.26. The van der Waals surface area contributed by atoms with E-state index in [1.807, 2.05) is 6.26 Å². The summed E-state index contributed by atoms with van der Waals surface area (Å²) in [5.74, 6) is 0.816. The number of nitrogens with one attached hydrogen (secondary N) is 1. The molecule has 4 N–H and O–H groups in total. The lowest BCUT2D eigenvalue weighted by Crippen LogP contribution is -2.21. The number of phenols is 1. The molecule has 2 rings (SSSR count). The van der Waals surface area contributed by atoms with Crippen molar-refractivity contribution in [1.29, 1.82) is 0 Å². The van der Waals surface area contributed by atoms with Gasteiger partial charge in [0.25, 0.3) is 0 Å². The number of halogens is 1. The largest absolute Gasteiger partial charge is 0.506 e. The van der Waals surface area contributed by atoms with Crippen molar-refractivity contribution in [3.8, 4) is 5.75 Å². The number of rotatable bonds is 2. The highest BCUT2D eigenvalue weighted by atomic mass is 35.5. The van der Waals surface area contributed by atoms with Crippen molar-refractivity contribution < 1.29 is 14.2 Å². The van der Waals surface area contributed by atoms with E-state index in [0.29, 0.717) is 17.3 Å². The number of anilines is 1. The summed E-state index contributed by atoms with van der Waals surface area (Å²) in [6.07, 6.45) is 1.88. The summed E-state index contributed by atoms with van der Waals surface area (Å²) in [6, 6.07) is 2.68. The van der Waals surface area contributed by atoms with Crippen LogP contribution in [0.15, 0.2) is 21.4 Å². The fraction of sp³-hybridized carbons (Fsp3) is 0.222. The molecule has 1 aromatic rings. The molecule has 0 radical (unpaired) electrons. The normalized spacial score (nSPS) is 18.9. The Labute approximate surface area is 109 Å². The van der Waals surface area contributed by atoms with E-state index in [9.17, 15) is 14.2 Å². The van der Waals surface area contributed by atoms with Gasteiger partial charge in [0.15, 0.2) is 0 Å². The molecule has 0 aliphatic carbocycles. The lowest BCUT2D eigenvalue weighted by Gasteiger charge is -2.34. The first-order valence-corrected chi connectivity index (χ1v) is 7.87. The number of phenolic OH excluding ortho intramolecular Hbond substituents is 1. The highest BCUT2D eigenvalue weighted by Crippen LogP contribution is 2.56. The van der Waals surface area contributed by atoms with Crippen LogP contribution in [-0.4, -0.2) is 32.1 Å². The van der Waals surface area contributed by atoms with Crippen LogP contribution in [0.3, 0.4) is 0 Å². The number of nitrogens with zero attached hydrogens (tertiary/aromatic N) is 1. The summed E-state index contributed by atoms with van der Waals surface area (Å²) >= 11 is 7.28. The van der Waals surface area contributed by atoms with Crippen molar-refractivity contribution >= 4 is 45.7 Å². The Kier molecular flexibility index (Phi) is 3.46. The van der Waals surface area contributed by atoms with Crippen LogP contribution in [0.5, 0.6) is 5.75 Å². The molecule has 1 aliphatic rings. The lowest BCUT2D eigenvalue weighted by molar-refractivity contribution is 0.468. The average molecular weight is 295 g/mol. The van der Waals surface area contributed by atoms with E-state index in [2.05, 4.69) is 9.71 Å². The van der Waals surface area contributed by atoms with Crippen LogP contribution in [0.25, 0.3) is 0 Å². The molecule has 0 amide bonds. The molecule has 5 nitrogen and oxygen atoms in total. The Morgan fingerprint density at radius 1 is 1.47 bits per heavy atom. The van der Waals surface area contributed by atoms with Crippen molar-refractivity contribution in [2.45, 2.75) is 4.90 Å². The maximum Gasteiger partial charge on any atom is 0.136 e. The minimum absolute atomic E-state index is 0.150. The lowest BCUT2D eigenvalue weighted by atomic mass is 10.3.